The van der Waals surface area contributed by atoms with Gasteiger partial charge in [-0.1, -0.05) is 48.5 Å². The molecule has 10 nitrogen and oxygen atoms in total. The molecule has 3 heterocycles. The molecule has 0 radical (unpaired) electrons. The van der Waals surface area contributed by atoms with E-state index >= 15 is 0 Å². The predicted molar refractivity (Wildman–Crippen MR) is 136 cm³/mol. The van der Waals surface area contributed by atoms with Crippen LogP contribution in [0.1, 0.15) is 5.56 Å². The number of benzene rings is 2. The zero-order chi connectivity index (χ0) is 25.1. The predicted octanol–water partition coefficient (Wildman–Crippen LogP) is 2.24. The van der Waals surface area contributed by atoms with Crippen molar-refractivity contribution in [1.29, 1.82) is 0 Å². The quantitative estimate of drug-likeness (QED) is 0.361. The average molecular weight is 485 g/mol. The molecule has 0 spiro atoms. The van der Waals surface area contributed by atoms with E-state index in [1.54, 1.807) is 30.0 Å². The largest absolute Gasteiger partial charge is 0.383 e. The monoisotopic (exact) mass is 484 g/mol. The summed E-state index contributed by atoms with van der Waals surface area (Å²) in [6, 6.07) is 18.5. The first kappa shape index (κ1) is 23.2. The van der Waals surface area contributed by atoms with Gasteiger partial charge in [0.1, 0.15) is 6.54 Å². The summed E-state index contributed by atoms with van der Waals surface area (Å²) in [5.41, 5.74) is 1.29. The Morgan fingerprint density at radius 1 is 0.972 bits per heavy atom. The standard InChI is InChI=1S/C26H24N6O4/c1-36-14-13-30-17-28-24-23(30)25(34)32(26(35)31(24)15-18-7-3-2-4-8-18)16-21(33)29-20-11-5-9-19-10-6-12-27-22(19)20/h2-12,17H,13-16H2,1H3,(H,29,33). The van der Waals surface area contributed by atoms with Crippen molar-refractivity contribution >= 4 is 33.7 Å². The Bertz CT molecular complexity index is 1660. The molecule has 3 aromatic heterocycles. The Hall–Kier alpha value is -4.57. The van der Waals surface area contributed by atoms with Crippen LogP contribution >= 0.6 is 0 Å². The van der Waals surface area contributed by atoms with Gasteiger partial charge in [0.25, 0.3) is 5.56 Å². The van der Waals surface area contributed by atoms with E-state index in [0.717, 1.165) is 15.5 Å². The highest BCUT2D eigenvalue weighted by molar-refractivity contribution is 6.00. The van der Waals surface area contributed by atoms with Crippen molar-refractivity contribution in [3.8, 4) is 0 Å². The lowest BCUT2D eigenvalue weighted by atomic mass is 10.2. The molecule has 1 N–H and O–H groups in total. The van der Waals surface area contributed by atoms with E-state index in [9.17, 15) is 14.4 Å². The number of imidazole rings is 1. The minimum atomic E-state index is -0.612. The van der Waals surface area contributed by atoms with Crippen LogP contribution in [0.2, 0.25) is 0 Å². The van der Waals surface area contributed by atoms with Gasteiger partial charge in [-0.25, -0.2) is 14.3 Å². The Morgan fingerprint density at radius 3 is 2.58 bits per heavy atom. The fourth-order valence-corrected chi connectivity index (χ4v) is 4.18. The number of amides is 1. The summed E-state index contributed by atoms with van der Waals surface area (Å²) in [6.45, 7) is 0.477. The summed E-state index contributed by atoms with van der Waals surface area (Å²) in [5, 5.41) is 3.66. The summed E-state index contributed by atoms with van der Waals surface area (Å²) < 4.78 is 9.17. The number of anilines is 1. The summed E-state index contributed by atoms with van der Waals surface area (Å²) in [5.74, 6) is -0.513. The fraction of sp³-hybridized carbons (Fsp3) is 0.192. The Morgan fingerprint density at radius 2 is 1.78 bits per heavy atom. The minimum Gasteiger partial charge on any atom is -0.383 e. The van der Waals surface area contributed by atoms with Gasteiger partial charge < -0.3 is 14.6 Å². The molecule has 182 valence electrons. The molecule has 1 amide bonds. The van der Waals surface area contributed by atoms with Crippen LogP contribution in [0, 0.1) is 0 Å². The molecule has 2 aromatic carbocycles. The third-order valence-corrected chi connectivity index (χ3v) is 5.91. The van der Waals surface area contributed by atoms with Gasteiger partial charge in [-0.2, -0.15) is 0 Å². The number of carbonyl (C=O) groups is 1. The summed E-state index contributed by atoms with van der Waals surface area (Å²) in [4.78, 5) is 48.7. The number of hydrogen-bond donors (Lipinski definition) is 1. The number of fused-ring (bicyclic) bond motifs is 2. The number of aromatic nitrogens is 5. The van der Waals surface area contributed by atoms with Crippen molar-refractivity contribution in [2.45, 2.75) is 19.6 Å². The third-order valence-electron chi connectivity index (χ3n) is 5.91. The highest BCUT2D eigenvalue weighted by Gasteiger charge is 2.20. The first-order valence-electron chi connectivity index (χ1n) is 11.4. The Balaban J connectivity index is 1.56. The van der Waals surface area contributed by atoms with Crippen molar-refractivity contribution in [1.82, 2.24) is 23.7 Å². The number of hydrogen-bond acceptors (Lipinski definition) is 6. The molecule has 36 heavy (non-hydrogen) atoms. The molecule has 10 heteroatoms. The molecule has 0 aliphatic heterocycles. The van der Waals surface area contributed by atoms with Gasteiger partial charge >= 0.3 is 5.69 Å². The lowest BCUT2D eigenvalue weighted by Gasteiger charge is -2.13. The molecule has 5 rings (SSSR count). The topological polar surface area (TPSA) is 113 Å². The lowest BCUT2D eigenvalue weighted by molar-refractivity contribution is -0.116. The summed E-state index contributed by atoms with van der Waals surface area (Å²) >= 11 is 0. The number of carbonyl (C=O) groups excluding carboxylic acids is 1. The summed E-state index contributed by atoms with van der Waals surface area (Å²) in [6.07, 6.45) is 3.15. The van der Waals surface area contributed by atoms with Crippen LogP contribution in [-0.2, 0) is 29.2 Å². The number of pyridine rings is 1. The van der Waals surface area contributed by atoms with Gasteiger partial charge in [0.2, 0.25) is 5.91 Å². The van der Waals surface area contributed by atoms with E-state index in [-0.39, 0.29) is 17.7 Å². The highest BCUT2D eigenvalue weighted by atomic mass is 16.5. The first-order chi connectivity index (χ1) is 17.6. The van der Waals surface area contributed by atoms with Crippen LogP contribution in [0.5, 0.6) is 0 Å². The second-order valence-corrected chi connectivity index (χ2v) is 8.28. The second kappa shape index (κ2) is 9.96. The lowest BCUT2D eigenvalue weighted by Crippen LogP contribution is -2.43. The van der Waals surface area contributed by atoms with Gasteiger partial charge in [0.15, 0.2) is 11.2 Å². The molecule has 0 atom stereocenters. The molecular formula is C26H24N6O4. The van der Waals surface area contributed by atoms with E-state index in [0.29, 0.717) is 24.4 Å². The number of ether oxygens (including phenoxy) is 1. The summed E-state index contributed by atoms with van der Waals surface area (Å²) in [7, 11) is 1.56. The minimum absolute atomic E-state index is 0.201. The van der Waals surface area contributed by atoms with E-state index in [2.05, 4.69) is 15.3 Å². The van der Waals surface area contributed by atoms with Crippen LogP contribution in [0.3, 0.4) is 0 Å². The smallest absolute Gasteiger partial charge is 0.333 e. The molecule has 0 unspecified atom stereocenters. The van der Waals surface area contributed by atoms with Crippen molar-refractivity contribution in [3.63, 3.8) is 0 Å². The van der Waals surface area contributed by atoms with Crippen LogP contribution in [0.15, 0.2) is 82.8 Å². The van der Waals surface area contributed by atoms with Crippen molar-refractivity contribution in [3.05, 3.63) is 99.6 Å². The van der Waals surface area contributed by atoms with Gasteiger partial charge in [-0.05, 0) is 17.7 Å². The van der Waals surface area contributed by atoms with Crippen LogP contribution < -0.4 is 16.6 Å². The highest BCUT2D eigenvalue weighted by Crippen LogP contribution is 2.20. The van der Waals surface area contributed by atoms with Gasteiger partial charge in [0.05, 0.1) is 30.7 Å². The molecule has 0 bridgehead atoms. The van der Waals surface area contributed by atoms with E-state index in [1.165, 1.54) is 10.9 Å². The van der Waals surface area contributed by atoms with Crippen LogP contribution in [-0.4, -0.2) is 43.3 Å². The maximum Gasteiger partial charge on any atom is 0.333 e. The zero-order valence-corrected chi connectivity index (χ0v) is 19.6. The maximum absolute atomic E-state index is 13.5. The van der Waals surface area contributed by atoms with Crippen LogP contribution in [0.25, 0.3) is 22.1 Å². The van der Waals surface area contributed by atoms with E-state index in [1.807, 2.05) is 48.5 Å². The van der Waals surface area contributed by atoms with Crippen molar-refractivity contribution in [2.24, 2.45) is 0 Å². The Labute approximate surface area is 205 Å². The SMILES string of the molecule is COCCn1cnc2c1c(=O)n(CC(=O)Nc1cccc3cccnc13)c(=O)n2Cc1ccccc1. The van der Waals surface area contributed by atoms with E-state index < -0.39 is 23.7 Å². The number of rotatable bonds is 8. The second-order valence-electron chi connectivity index (χ2n) is 8.28. The molecule has 0 saturated heterocycles. The van der Waals surface area contributed by atoms with Crippen molar-refractivity contribution < 1.29 is 9.53 Å². The van der Waals surface area contributed by atoms with Crippen LogP contribution in [0.4, 0.5) is 5.69 Å². The first-order valence-corrected chi connectivity index (χ1v) is 11.4. The number of methoxy groups -OCH3 is 1. The molecule has 0 fully saturated rings. The van der Waals surface area contributed by atoms with Gasteiger partial charge in [-0.15, -0.1) is 0 Å². The number of para-hydroxylation sites is 1. The van der Waals surface area contributed by atoms with Crippen molar-refractivity contribution in [2.75, 3.05) is 19.0 Å². The molecule has 0 aliphatic rings. The third kappa shape index (κ3) is 4.41. The molecular weight excluding hydrogens is 460 g/mol. The zero-order valence-electron chi connectivity index (χ0n) is 19.6. The van der Waals surface area contributed by atoms with E-state index in [4.69, 9.17) is 4.74 Å². The molecule has 5 aromatic rings. The van der Waals surface area contributed by atoms with Gasteiger partial charge in [0, 0.05) is 25.2 Å². The Kier molecular flexibility index (Phi) is 6.42. The number of nitrogens with zero attached hydrogens (tertiary/aromatic N) is 5. The maximum atomic E-state index is 13.5. The fourth-order valence-electron chi connectivity index (χ4n) is 4.18. The number of nitrogens with one attached hydrogen (secondary N) is 1. The van der Waals surface area contributed by atoms with Gasteiger partial charge in [-0.3, -0.25) is 19.1 Å². The normalized spacial score (nSPS) is 11.2. The molecule has 0 aliphatic carbocycles. The molecule has 0 saturated carbocycles. The average Bonchev–Trinajstić information content (AvgIpc) is 3.32.